The van der Waals surface area contributed by atoms with Gasteiger partial charge >= 0.3 is 5.97 Å². The number of esters is 1. The number of fused-ring (bicyclic) bond motifs is 1. The van der Waals surface area contributed by atoms with Crippen LogP contribution in [-0.4, -0.2) is 37.8 Å². The second-order valence-corrected chi connectivity index (χ2v) is 11.4. The van der Waals surface area contributed by atoms with Crippen LogP contribution in [0.3, 0.4) is 0 Å². The molecule has 14 heteroatoms. The molecule has 0 aromatic heterocycles. The van der Waals surface area contributed by atoms with Gasteiger partial charge in [-0.1, -0.05) is 40.9 Å². The second-order valence-electron chi connectivity index (χ2n) is 7.73. The molecule has 0 bridgehead atoms. The molecule has 9 nitrogen and oxygen atoms in total. The van der Waals surface area contributed by atoms with Crippen molar-refractivity contribution in [3.05, 3.63) is 97.7 Å². The number of benzene rings is 2. The lowest BCUT2D eigenvalue weighted by atomic mass is 10.0. The predicted molar refractivity (Wildman–Crippen MR) is 145 cm³/mol. The van der Waals surface area contributed by atoms with Gasteiger partial charge in [-0.2, -0.15) is 0 Å². The highest BCUT2D eigenvalue weighted by Crippen LogP contribution is 2.34. The summed E-state index contributed by atoms with van der Waals surface area (Å²) in [6, 6.07) is 7.83. The van der Waals surface area contributed by atoms with Crippen LogP contribution in [0, 0.1) is 0 Å². The number of sulfonamides is 1. The van der Waals surface area contributed by atoms with Gasteiger partial charge in [-0.05, 0) is 48.0 Å². The van der Waals surface area contributed by atoms with Crippen molar-refractivity contribution in [2.24, 2.45) is 0 Å². The minimum atomic E-state index is -4.13. The number of anilines is 1. The largest absolute Gasteiger partial charge is 0.467 e. The summed E-state index contributed by atoms with van der Waals surface area (Å²) in [5, 5.41) is 3.44. The van der Waals surface area contributed by atoms with Crippen LogP contribution in [0.2, 0.25) is 15.1 Å². The molecular formula is C23H19Cl3N4O5S2. The van der Waals surface area contributed by atoms with Crippen molar-refractivity contribution in [2.45, 2.75) is 12.5 Å². The van der Waals surface area contributed by atoms with Gasteiger partial charge in [-0.25, -0.2) is 13.2 Å². The van der Waals surface area contributed by atoms with Crippen molar-refractivity contribution in [3.63, 3.8) is 0 Å². The number of halogens is 3. The van der Waals surface area contributed by atoms with Crippen LogP contribution >= 0.6 is 46.9 Å². The zero-order valence-electron chi connectivity index (χ0n) is 19.0. The Labute approximate surface area is 232 Å². The summed E-state index contributed by atoms with van der Waals surface area (Å²) in [6.07, 6.45) is 6.33. The number of rotatable bonds is 8. The number of carbonyl (C=O) groups excluding carboxylic acids is 2. The van der Waals surface area contributed by atoms with E-state index in [1.54, 1.807) is 41.0 Å². The third-order valence-corrected chi connectivity index (χ3v) is 8.41. The normalized spacial score (nSPS) is 15.2. The van der Waals surface area contributed by atoms with Crippen molar-refractivity contribution in [3.8, 4) is 0 Å². The minimum Gasteiger partial charge on any atom is -0.467 e. The molecule has 2 aromatic rings. The van der Waals surface area contributed by atoms with E-state index in [-0.39, 0.29) is 27.6 Å². The standard InChI is InChI=1S/C23H19Cl3N4O5S2/c1-35-23(32)19(10-13-4-7-16(25)17(26)9-13)28-22(31)15-6-5-14(24)11-18(15)29-37(33,34)21-3-2-8-30-20(21)12-27-36-30/h2-9,11-12,19,27,29H,10H2,1H3,(H,28,31)/t19-/m0/s1. The maximum atomic E-state index is 13.3. The van der Waals surface area contributed by atoms with E-state index in [2.05, 4.69) is 14.8 Å². The molecule has 0 fully saturated rings. The summed E-state index contributed by atoms with van der Waals surface area (Å²) >= 11 is 19.4. The molecule has 2 aliphatic rings. The first kappa shape index (κ1) is 27.2. The molecule has 2 aliphatic heterocycles. The number of hydrogen-bond acceptors (Lipinski definition) is 8. The van der Waals surface area contributed by atoms with Gasteiger partial charge in [-0.3, -0.25) is 13.8 Å². The smallest absolute Gasteiger partial charge is 0.328 e. The highest BCUT2D eigenvalue weighted by Gasteiger charge is 2.31. The Morgan fingerprint density at radius 1 is 1.14 bits per heavy atom. The van der Waals surface area contributed by atoms with Crippen molar-refractivity contribution >= 4 is 74.5 Å². The average Bonchev–Trinajstić information content (AvgIpc) is 3.34. The van der Waals surface area contributed by atoms with Crippen LogP contribution in [0.5, 0.6) is 0 Å². The fourth-order valence-corrected chi connectivity index (χ4v) is 6.00. The number of allylic oxidation sites excluding steroid dienone is 2. The van der Waals surface area contributed by atoms with Gasteiger partial charge in [0, 0.05) is 23.8 Å². The quantitative estimate of drug-likeness (QED) is 0.296. The van der Waals surface area contributed by atoms with E-state index in [1.807, 2.05) is 0 Å². The van der Waals surface area contributed by atoms with E-state index >= 15 is 0 Å². The third-order valence-electron chi connectivity index (χ3n) is 5.28. The number of hydrogen-bond donors (Lipinski definition) is 3. The van der Waals surface area contributed by atoms with E-state index in [9.17, 15) is 18.0 Å². The van der Waals surface area contributed by atoms with E-state index in [0.29, 0.717) is 21.3 Å². The Morgan fingerprint density at radius 2 is 1.92 bits per heavy atom. The molecule has 1 atom stereocenters. The maximum Gasteiger partial charge on any atom is 0.328 e. The van der Waals surface area contributed by atoms with Crippen LogP contribution in [0.15, 0.2) is 71.6 Å². The number of methoxy groups -OCH3 is 1. The molecule has 0 saturated heterocycles. The molecule has 0 spiro atoms. The van der Waals surface area contributed by atoms with Crippen molar-refractivity contribution in [1.82, 2.24) is 14.3 Å². The Balaban J connectivity index is 1.60. The molecule has 2 heterocycles. The lowest BCUT2D eigenvalue weighted by molar-refractivity contribution is -0.142. The highest BCUT2D eigenvalue weighted by molar-refractivity contribution is 7.97. The first-order chi connectivity index (χ1) is 17.6. The van der Waals surface area contributed by atoms with Crippen LogP contribution < -0.4 is 14.8 Å². The van der Waals surface area contributed by atoms with E-state index in [1.165, 1.54) is 43.5 Å². The zero-order valence-corrected chi connectivity index (χ0v) is 22.9. The van der Waals surface area contributed by atoms with Crippen LogP contribution in [0.4, 0.5) is 5.69 Å². The van der Waals surface area contributed by atoms with E-state index < -0.39 is 27.9 Å². The summed E-state index contributed by atoms with van der Waals surface area (Å²) in [5.41, 5.74) is 0.929. The summed E-state index contributed by atoms with van der Waals surface area (Å²) in [6.45, 7) is 0. The molecule has 0 aliphatic carbocycles. The van der Waals surface area contributed by atoms with Gasteiger partial charge in [0.2, 0.25) is 0 Å². The molecular weight excluding hydrogens is 583 g/mol. The second kappa shape index (κ2) is 11.3. The molecule has 4 rings (SSSR count). The van der Waals surface area contributed by atoms with Gasteiger partial charge < -0.3 is 14.8 Å². The highest BCUT2D eigenvalue weighted by atomic mass is 35.5. The van der Waals surface area contributed by atoms with Gasteiger partial charge in [0.15, 0.2) is 0 Å². The first-order valence-corrected chi connectivity index (χ1v) is 13.9. The summed E-state index contributed by atoms with van der Waals surface area (Å²) < 4.78 is 38.4. The van der Waals surface area contributed by atoms with Gasteiger partial charge in [0.25, 0.3) is 15.9 Å². The molecule has 0 unspecified atom stereocenters. The van der Waals surface area contributed by atoms with E-state index in [4.69, 9.17) is 39.5 Å². The molecule has 3 N–H and O–H groups in total. The number of amides is 1. The fraction of sp³-hybridized carbons (Fsp3) is 0.130. The molecule has 37 heavy (non-hydrogen) atoms. The average molecular weight is 602 g/mol. The number of ether oxygens (including phenoxy) is 1. The van der Waals surface area contributed by atoms with Crippen molar-refractivity contribution < 1.29 is 22.7 Å². The lowest BCUT2D eigenvalue weighted by Gasteiger charge is -2.22. The Morgan fingerprint density at radius 3 is 2.65 bits per heavy atom. The summed E-state index contributed by atoms with van der Waals surface area (Å²) in [5.74, 6) is -1.42. The lowest BCUT2D eigenvalue weighted by Crippen LogP contribution is -2.43. The monoisotopic (exact) mass is 600 g/mol. The SMILES string of the molecule is COC(=O)[C@H](Cc1ccc(Cl)c(Cl)c1)NC(=O)c1ccc(Cl)cc1NS(=O)(=O)C1=CC=CN2SNC=C12. The molecule has 194 valence electrons. The van der Waals surface area contributed by atoms with Crippen LogP contribution in [0.1, 0.15) is 15.9 Å². The fourth-order valence-electron chi connectivity index (χ4n) is 3.54. The van der Waals surface area contributed by atoms with E-state index in [0.717, 1.165) is 0 Å². The Bertz CT molecular complexity index is 1460. The molecule has 0 saturated carbocycles. The summed E-state index contributed by atoms with van der Waals surface area (Å²) in [7, 11) is -2.94. The predicted octanol–water partition coefficient (Wildman–Crippen LogP) is 4.62. The zero-order chi connectivity index (χ0) is 26.7. The van der Waals surface area contributed by atoms with Gasteiger partial charge in [-0.15, -0.1) is 0 Å². The number of nitrogens with zero attached hydrogens (tertiary/aromatic N) is 1. The maximum absolute atomic E-state index is 13.3. The van der Waals surface area contributed by atoms with Crippen molar-refractivity contribution in [2.75, 3.05) is 11.8 Å². The topological polar surface area (TPSA) is 117 Å². The van der Waals surface area contributed by atoms with Gasteiger partial charge in [0.05, 0.1) is 46.2 Å². The first-order valence-electron chi connectivity index (χ1n) is 10.5. The molecule has 2 aromatic carbocycles. The van der Waals surface area contributed by atoms with Gasteiger partial charge in [0.1, 0.15) is 10.9 Å². The number of carbonyl (C=O) groups is 2. The van der Waals surface area contributed by atoms with Crippen LogP contribution in [-0.2, 0) is 26.0 Å². The Hall–Kier alpha value is -2.83. The third kappa shape index (κ3) is 6.19. The Kier molecular flexibility index (Phi) is 8.29. The minimum absolute atomic E-state index is 0.00844. The molecule has 0 radical (unpaired) electrons. The molecule has 1 amide bonds. The van der Waals surface area contributed by atoms with Crippen LogP contribution in [0.25, 0.3) is 0 Å². The van der Waals surface area contributed by atoms with Crippen molar-refractivity contribution in [1.29, 1.82) is 0 Å². The number of nitrogens with one attached hydrogen (secondary N) is 3. The summed E-state index contributed by atoms with van der Waals surface area (Å²) in [4.78, 5) is 25.7.